The summed E-state index contributed by atoms with van der Waals surface area (Å²) >= 11 is 0. The molecule has 3 rings (SSSR count). The van der Waals surface area contributed by atoms with E-state index >= 15 is 0 Å². The molecule has 3 aromatic rings. The molecule has 1 N–H and O–H groups in total. The number of rotatable bonds is 11. The van der Waals surface area contributed by atoms with Gasteiger partial charge in [0.1, 0.15) is 5.75 Å². The monoisotopic (exact) mass is 482 g/mol. The third kappa shape index (κ3) is 6.19. The van der Waals surface area contributed by atoms with Crippen molar-refractivity contribution in [3.8, 4) is 5.75 Å². The number of carbonyl (C=O) groups excluding carboxylic acids is 2. The largest absolute Gasteiger partial charge is 0.495 e. The molecule has 1 amide bonds. The van der Waals surface area contributed by atoms with Crippen LogP contribution in [0.25, 0.3) is 10.8 Å². The number of aryl methyl sites for hydroxylation is 1. The van der Waals surface area contributed by atoms with Crippen molar-refractivity contribution >= 4 is 34.0 Å². The summed E-state index contributed by atoms with van der Waals surface area (Å²) in [6, 6.07) is 10.3. The van der Waals surface area contributed by atoms with Crippen molar-refractivity contribution in [2.45, 2.75) is 39.2 Å². The lowest BCUT2D eigenvalue weighted by atomic mass is 10.1. The van der Waals surface area contributed by atoms with Gasteiger partial charge < -0.3 is 14.8 Å². The highest BCUT2D eigenvalue weighted by Crippen LogP contribution is 2.28. The van der Waals surface area contributed by atoms with Crippen molar-refractivity contribution in [2.75, 3.05) is 19.0 Å². The number of methoxy groups -OCH3 is 1. The second kappa shape index (κ2) is 11.7. The van der Waals surface area contributed by atoms with Crippen LogP contribution in [0.3, 0.4) is 0 Å². The maximum atomic E-state index is 12.8. The van der Waals surface area contributed by atoms with E-state index in [0.717, 1.165) is 31.7 Å². The van der Waals surface area contributed by atoms with Gasteiger partial charge in [0.15, 0.2) is 12.3 Å². The Bertz CT molecular complexity index is 1300. The van der Waals surface area contributed by atoms with Gasteiger partial charge in [0, 0.05) is 24.1 Å². The molecule has 0 fully saturated rings. The molecule has 2 aromatic carbocycles. The molecule has 0 saturated carbocycles. The van der Waals surface area contributed by atoms with Crippen LogP contribution in [0.15, 0.2) is 47.3 Å². The van der Waals surface area contributed by atoms with E-state index in [0.29, 0.717) is 17.3 Å². The van der Waals surface area contributed by atoms with Gasteiger partial charge in [0.05, 0.1) is 23.1 Å². The Labute approximate surface area is 200 Å². The number of ether oxygens (including phenoxy) is 2. The van der Waals surface area contributed by atoms with Crippen LogP contribution < -0.4 is 15.6 Å². The first-order valence-corrected chi connectivity index (χ1v) is 11.1. The topological polar surface area (TPSA) is 143 Å². The molecular weight excluding hydrogens is 456 g/mol. The minimum absolute atomic E-state index is 0.0620. The molecule has 0 aliphatic heterocycles. The van der Waals surface area contributed by atoms with Crippen molar-refractivity contribution < 1.29 is 24.0 Å². The Morgan fingerprint density at radius 1 is 1.11 bits per heavy atom. The summed E-state index contributed by atoms with van der Waals surface area (Å²) in [5.41, 5.74) is -0.553. The number of aromatic nitrogens is 2. The predicted octanol–water partition coefficient (Wildman–Crippen LogP) is 3.69. The third-order valence-electron chi connectivity index (χ3n) is 5.29. The van der Waals surface area contributed by atoms with Gasteiger partial charge in [0.25, 0.3) is 17.2 Å². The van der Waals surface area contributed by atoms with Crippen LogP contribution in [-0.2, 0) is 16.1 Å². The standard InChI is InChI=1S/C24H26N4O7/c1-3-4-5-8-13-27-23(30)18-10-7-6-9-17(18)22(26-27)24(31)35-15-21(29)25-19-14-16(28(32)33)11-12-20(19)34-2/h6-7,9-12,14H,3-5,8,13,15H2,1-2H3,(H,25,29). The summed E-state index contributed by atoms with van der Waals surface area (Å²) in [6.07, 6.45) is 3.74. The number of hydrogen-bond acceptors (Lipinski definition) is 8. The fourth-order valence-electron chi connectivity index (χ4n) is 3.52. The summed E-state index contributed by atoms with van der Waals surface area (Å²) in [7, 11) is 1.35. The average molecular weight is 482 g/mol. The van der Waals surface area contributed by atoms with E-state index in [9.17, 15) is 24.5 Å². The lowest BCUT2D eigenvalue weighted by molar-refractivity contribution is -0.384. The average Bonchev–Trinajstić information content (AvgIpc) is 2.86. The quantitative estimate of drug-likeness (QED) is 0.189. The summed E-state index contributed by atoms with van der Waals surface area (Å²) in [5.74, 6) is -1.39. The number of unbranched alkanes of at least 4 members (excludes halogenated alkanes) is 3. The molecule has 0 radical (unpaired) electrons. The molecule has 0 saturated heterocycles. The molecule has 0 bridgehead atoms. The fourth-order valence-corrected chi connectivity index (χ4v) is 3.52. The number of nitrogens with one attached hydrogen (secondary N) is 1. The number of nitro benzene ring substituents is 1. The van der Waals surface area contributed by atoms with Crippen molar-refractivity contribution in [1.82, 2.24) is 9.78 Å². The Morgan fingerprint density at radius 3 is 2.54 bits per heavy atom. The number of carbonyl (C=O) groups is 2. The molecule has 11 nitrogen and oxygen atoms in total. The molecular formula is C24H26N4O7. The lowest BCUT2D eigenvalue weighted by Crippen LogP contribution is -2.28. The molecule has 0 atom stereocenters. The Hall–Kier alpha value is -4.28. The minimum atomic E-state index is -0.871. The number of nitro groups is 1. The molecule has 0 spiro atoms. The second-order valence-electron chi connectivity index (χ2n) is 7.75. The van der Waals surface area contributed by atoms with E-state index in [2.05, 4.69) is 17.3 Å². The smallest absolute Gasteiger partial charge is 0.359 e. The zero-order chi connectivity index (χ0) is 25.4. The summed E-state index contributed by atoms with van der Waals surface area (Å²) < 4.78 is 11.5. The van der Waals surface area contributed by atoms with Crippen LogP contribution in [0.4, 0.5) is 11.4 Å². The number of hydrogen-bond donors (Lipinski definition) is 1. The molecule has 11 heteroatoms. The number of esters is 1. The predicted molar refractivity (Wildman–Crippen MR) is 129 cm³/mol. The Kier molecular flexibility index (Phi) is 8.49. The summed E-state index contributed by atoms with van der Waals surface area (Å²) in [4.78, 5) is 48.4. The molecule has 35 heavy (non-hydrogen) atoms. The van der Waals surface area contributed by atoms with Gasteiger partial charge in [-0.05, 0) is 18.6 Å². The maximum absolute atomic E-state index is 12.8. The van der Waals surface area contributed by atoms with Gasteiger partial charge in [-0.3, -0.25) is 19.7 Å². The van der Waals surface area contributed by atoms with E-state index in [-0.39, 0.29) is 28.4 Å². The van der Waals surface area contributed by atoms with Gasteiger partial charge >= 0.3 is 5.97 Å². The van der Waals surface area contributed by atoms with Gasteiger partial charge in [0.2, 0.25) is 0 Å². The number of fused-ring (bicyclic) bond motifs is 1. The Morgan fingerprint density at radius 2 is 1.86 bits per heavy atom. The van der Waals surface area contributed by atoms with E-state index in [1.54, 1.807) is 24.3 Å². The highest BCUT2D eigenvalue weighted by molar-refractivity contribution is 6.03. The second-order valence-corrected chi connectivity index (χ2v) is 7.75. The van der Waals surface area contributed by atoms with Gasteiger partial charge in [-0.15, -0.1) is 0 Å². The van der Waals surface area contributed by atoms with Gasteiger partial charge in [-0.25, -0.2) is 9.48 Å². The third-order valence-corrected chi connectivity index (χ3v) is 5.29. The number of anilines is 1. The van der Waals surface area contributed by atoms with Gasteiger partial charge in [-0.2, -0.15) is 5.10 Å². The first-order chi connectivity index (χ1) is 16.8. The Balaban J connectivity index is 1.77. The van der Waals surface area contributed by atoms with E-state index in [4.69, 9.17) is 9.47 Å². The van der Waals surface area contributed by atoms with Crippen molar-refractivity contribution in [3.05, 3.63) is 68.6 Å². The lowest BCUT2D eigenvalue weighted by Gasteiger charge is -2.12. The number of benzene rings is 2. The fraction of sp³-hybridized carbons (Fsp3) is 0.333. The van der Waals surface area contributed by atoms with Crippen LogP contribution >= 0.6 is 0 Å². The van der Waals surface area contributed by atoms with Gasteiger partial charge in [-0.1, -0.05) is 44.4 Å². The van der Waals surface area contributed by atoms with Crippen molar-refractivity contribution in [1.29, 1.82) is 0 Å². The van der Waals surface area contributed by atoms with E-state index in [1.165, 1.54) is 23.9 Å². The van der Waals surface area contributed by atoms with E-state index in [1.807, 2.05) is 0 Å². The number of amides is 1. The maximum Gasteiger partial charge on any atom is 0.359 e. The highest BCUT2D eigenvalue weighted by Gasteiger charge is 2.20. The molecule has 1 heterocycles. The van der Waals surface area contributed by atoms with Crippen LogP contribution in [0.2, 0.25) is 0 Å². The van der Waals surface area contributed by atoms with Crippen LogP contribution in [0.1, 0.15) is 43.1 Å². The molecule has 0 unspecified atom stereocenters. The summed E-state index contributed by atoms with van der Waals surface area (Å²) in [5, 5.41) is 18.3. The normalized spacial score (nSPS) is 10.7. The molecule has 0 aliphatic rings. The van der Waals surface area contributed by atoms with E-state index < -0.39 is 23.4 Å². The SMILES string of the molecule is CCCCCCn1nc(C(=O)OCC(=O)Nc2cc([N+](=O)[O-])ccc2OC)c2ccccc2c1=O. The molecule has 1 aromatic heterocycles. The summed E-state index contributed by atoms with van der Waals surface area (Å²) in [6.45, 7) is 1.77. The van der Waals surface area contributed by atoms with Crippen LogP contribution in [0.5, 0.6) is 5.75 Å². The zero-order valence-electron chi connectivity index (χ0n) is 19.5. The van der Waals surface area contributed by atoms with Crippen LogP contribution in [-0.4, -0.2) is 40.3 Å². The zero-order valence-corrected chi connectivity index (χ0v) is 19.5. The molecule has 0 aliphatic carbocycles. The van der Waals surface area contributed by atoms with Crippen molar-refractivity contribution in [2.24, 2.45) is 0 Å². The number of nitrogens with zero attached hydrogens (tertiary/aromatic N) is 3. The first-order valence-electron chi connectivity index (χ1n) is 11.1. The van der Waals surface area contributed by atoms with Crippen LogP contribution in [0, 0.1) is 10.1 Å². The molecule has 184 valence electrons. The minimum Gasteiger partial charge on any atom is -0.495 e. The van der Waals surface area contributed by atoms with Crippen molar-refractivity contribution in [3.63, 3.8) is 0 Å². The first kappa shape index (κ1) is 25.3. The number of non-ortho nitro benzene ring substituents is 1. The highest BCUT2D eigenvalue weighted by atomic mass is 16.6.